The van der Waals surface area contributed by atoms with Crippen molar-refractivity contribution in [2.75, 3.05) is 26.4 Å². The number of nitrogens with one attached hydrogen (secondary N) is 2. The van der Waals surface area contributed by atoms with Crippen molar-refractivity contribution in [1.82, 2.24) is 10.6 Å². The number of aliphatic hydroxyl groups is 3. The smallest absolute Gasteiger partial charge is 0.234 e. The predicted octanol–water partition coefficient (Wildman–Crippen LogP) is -2.43. The Labute approximate surface area is 88.3 Å². The number of carbonyl (C=O) groups excluding carboxylic acids is 1. The van der Waals surface area contributed by atoms with Crippen LogP contribution in [0, 0.1) is 0 Å². The van der Waals surface area contributed by atoms with Gasteiger partial charge in [0.25, 0.3) is 0 Å². The number of carbonyl (C=O) groups is 1. The van der Waals surface area contributed by atoms with E-state index in [0.29, 0.717) is 6.04 Å². The molecule has 1 aliphatic rings. The highest BCUT2D eigenvalue weighted by Gasteiger charge is 2.30. The van der Waals surface area contributed by atoms with E-state index in [-0.39, 0.29) is 12.5 Å². The van der Waals surface area contributed by atoms with Gasteiger partial charge in [0.2, 0.25) is 5.91 Å². The molecule has 6 nitrogen and oxygen atoms in total. The van der Waals surface area contributed by atoms with Crippen LogP contribution in [-0.4, -0.2) is 59.2 Å². The van der Waals surface area contributed by atoms with Crippen LogP contribution in [0.5, 0.6) is 0 Å². The number of rotatable bonds is 7. The van der Waals surface area contributed by atoms with Gasteiger partial charge in [-0.05, 0) is 12.8 Å². The van der Waals surface area contributed by atoms with Gasteiger partial charge in [-0.3, -0.25) is 4.79 Å². The van der Waals surface area contributed by atoms with E-state index < -0.39 is 25.4 Å². The molecular formula is C9H18N2O4. The van der Waals surface area contributed by atoms with Crippen molar-refractivity contribution in [3.8, 4) is 0 Å². The summed E-state index contributed by atoms with van der Waals surface area (Å²) in [6.45, 7) is -1.33. The quantitative estimate of drug-likeness (QED) is 0.327. The van der Waals surface area contributed by atoms with Crippen molar-refractivity contribution in [1.29, 1.82) is 0 Å². The maximum atomic E-state index is 11.4. The molecule has 1 rings (SSSR count). The molecule has 0 spiro atoms. The second kappa shape index (κ2) is 5.41. The summed E-state index contributed by atoms with van der Waals surface area (Å²) in [4.78, 5) is 11.4. The second-order valence-electron chi connectivity index (χ2n) is 3.96. The summed E-state index contributed by atoms with van der Waals surface area (Å²) in [5.41, 5.74) is -1.32. The molecule has 0 radical (unpaired) electrons. The number of hydrogen-bond acceptors (Lipinski definition) is 5. The van der Waals surface area contributed by atoms with Gasteiger partial charge in [-0.15, -0.1) is 0 Å². The molecule has 6 heteroatoms. The van der Waals surface area contributed by atoms with Crippen molar-refractivity contribution in [3.05, 3.63) is 0 Å². The minimum Gasteiger partial charge on any atom is -0.394 e. The first-order valence-electron chi connectivity index (χ1n) is 5.03. The van der Waals surface area contributed by atoms with Crippen molar-refractivity contribution in [2.45, 2.75) is 24.4 Å². The van der Waals surface area contributed by atoms with Gasteiger partial charge in [0.1, 0.15) is 5.54 Å². The normalized spacial score (nSPS) is 16.5. The van der Waals surface area contributed by atoms with Crippen molar-refractivity contribution in [2.24, 2.45) is 0 Å². The van der Waals surface area contributed by atoms with E-state index in [2.05, 4.69) is 10.6 Å². The Balaban J connectivity index is 2.31. The SMILES string of the molecule is O=C(CNC1CC1)NC(CO)(CO)CO. The van der Waals surface area contributed by atoms with Crippen LogP contribution < -0.4 is 10.6 Å². The lowest BCUT2D eigenvalue weighted by Gasteiger charge is -2.28. The highest BCUT2D eigenvalue weighted by Crippen LogP contribution is 2.17. The largest absolute Gasteiger partial charge is 0.394 e. The van der Waals surface area contributed by atoms with E-state index in [9.17, 15) is 4.79 Å². The van der Waals surface area contributed by atoms with Gasteiger partial charge in [-0.2, -0.15) is 0 Å². The second-order valence-corrected chi connectivity index (χ2v) is 3.96. The van der Waals surface area contributed by atoms with Crippen molar-refractivity contribution in [3.63, 3.8) is 0 Å². The standard InChI is InChI=1S/C9H18N2O4/c12-4-9(5-13,6-14)11-8(15)3-10-7-1-2-7/h7,10,12-14H,1-6H2,(H,11,15). The summed E-state index contributed by atoms with van der Waals surface area (Å²) in [5, 5.41) is 32.3. The van der Waals surface area contributed by atoms with Crippen LogP contribution >= 0.6 is 0 Å². The van der Waals surface area contributed by atoms with Crippen LogP contribution in [0.4, 0.5) is 0 Å². The van der Waals surface area contributed by atoms with Gasteiger partial charge in [0.15, 0.2) is 0 Å². The molecule has 1 saturated carbocycles. The van der Waals surface area contributed by atoms with Crippen LogP contribution in [0.25, 0.3) is 0 Å². The van der Waals surface area contributed by atoms with E-state index in [1.807, 2.05) is 0 Å². The summed E-state index contributed by atoms with van der Waals surface area (Å²) in [7, 11) is 0. The predicted molar refractivity (Wildman–Crippen MR) is 53.2 cm³/mol. The topological polar surface area (TPSA) is 102 Å². The van der Waals surface area contributed by atoms with Crippen LogP contribution in [0.1, 0.15) is 12.8 Å². The van der Waals surface area contributed by atoms with E-state index in [1.54, 1.807) is 0 Å². The van der Waals surface area contributed by atoms with Gasteiger partial charge in [0.05, 0.1) is 26.4 Å². The zero-order valence-electron chi connectivity index (χ0n) is 8.57. The van der Waals surface area contributed by atoms with Crippen LogP contribution in [0.2, 0.25) is 0 Å². The molecule has 0 aromatic rings. The molecule has 0 atom stereocenters. The van der Waals surface area contributed by atoms with Gasteiger partial charge in [0, 0.05) is 6.04 Å². The summed E-state index contributed by atoms with van der Waals surface area (Å²) in [5.74, 6) is -0.334. The van der Waals surface area contributed by atoms with E-state index >= 15 is 0 Å². The van der Waals surface area contributed by atoms with Gasteiger partial charge < -0.3 is 26.0 Å². The zero-order valence-corrected chi connectivity index (χ0v) is 8.57. The molecule has 1 aliphatic carbocycles. The average molecular weight is 218 g/mol. The summed E-state index contributed by atoms with van der Waals surface area (Å²) in [6.07, 6.45) is 2.16. The Morgan fingerprint density at radius 3 is 2.13 bits per heavy atom. The fourth-order valence-corrected chi connectivity index (χ4v) is 1.13. The number of hydrogen-bond donors (Lipinski definition) is 5. The Bertz CT molecular complexity index is 206. The maximum absolute atomic E-state index is 11.4. The lowest BCUT2D eigenvalue weighted by molar-refractivity contribution is -0.124. The molecule has 5 N–H and O–H groups in total. The summed E-state index contributed by atoms with van der Waals surface area (Å²) in [6, 6.07) is 0.419. The van der Waals surface area contributed by atoms with Gasteiger partial charge in [-0.1, -0.05) is 0 Å². The molecule has 0 aromatic carbocycles. The lowest BCUT2D eigenvalue weighted by Crippen LogP contribution is -2.58. The van der Waals surface area contributed by atoms with E-state index in [0.717, 1.165) is 12.8 Å². The fraction of sp³-hybridized carbons (Fsp3) is 0.889. The van der Waals surface area contributed by atoms with Gasteiger partial charge in [-0.25, -0.2) is 0 Å². The Morgan fingerprint density at radius 1 is 1.20 bits per heavy atom. The molecule has 0 saturated heterocycles. The highest BCUT2D eigenvalue weighted by atomic mass is 16.3. The molecule has 0 heterocycles. The van der Waals surface area contributed by atoms with Crippen LogP contribution in [0.15, 0.2) is 0 Å². The lowest BCUT2D eigenvalue weighted by atomic mass is 10.0. The average Bonchev–Trinajstić information content (AvgIpc) is 3.07. The molecule has 1 amide bonds. The van der Waals surface area contributed by atoms with Crippen molar-refractivity contribution >= 4 is 5.91 Å². The molecule has 15 heavy (non-hydrogen) atoms. The van der Waals surface area contributed by atoms with Crippen molar-refractivity contribution < 1.29 is 20.1 Å². The molecule has 88 valence electrons. The molecule has 1 fully saturated rings. The Kier molecular flexibility index (Phi) is 4.46. The fourth-order valence-electron chi connectivity index (χ4n) is 1.13. The third-order valence-electron chi connectivity index (χ3n) is 2.44. The molecule has 0 bridgehead atoms. The Morgan fingerprint density at radius 2 is 1.73 bits per heavy atom. The monoisotopic (exact) mass is 218 g/mol. The molecule has 0 aliphatic heterocycles. The summed E-state index contributed by atoms with van der Waals surface area (Å²) >= 11 is 0. The highest BCUT2D eigenvalue weighted by molar-refractivity contribution is 5.79. The number of aliphatic hydroxyl groups excluding tert-OH is 3. The third-order valence-corrected chi connectivity index (χ3v) is 2.44. The molecule has 0 aromatic heterocycles. The minimum absolute atomic E-state index is 0.145. The first-order chi connectivity index (χ1) is 7.15. The zero-order chi connectivity index (χ0) is 11.3. The summed E-state index contributed by atoms with van der Waals surface area (Å²) < 4.78 is 0. The van der Waals surface area contributed by atoms with Crippen LogP contribution in [0.3, 0.4) is 0 Å². The first kappa shape index (κ1) is 12.4. The third kappa shape index (κ3) is 3.75. The Hall–Kier alpha value is -0.690. The van der Waals surface area contributed by atoms with Crippen LogP contribution in [-0.2, 0) is 4.79 Å². The molecular weight excluding hydrogens is 200 g/mol. The van der Waals surface area contributed by atoms with E-state index in [4.69, 9.17) is 15.3 Å². The van der Waals surface area contributed by atoms with E-state index in [1.165, 1.54) is 0 Å². The molecule has 0 unspecified atom stereocenters. The minimum atomic E-state index is -1.32. The number of amides is 1. The van der Waals surface area contributed by atoms with Gasteiger partial charge >= 0.3 is 0 Å². The first-order valence-corrected chi connectivity index (χ1v) is 5.03. The maximum Gasteiger partial charge on any atom is 0.234 e.